The molecule has 0 aliphatic heterocycles. The van der Waals surface area contributed by atoms with Crippen LogP contribution in [-0.2, 0) is 0 Å². The van der Waals surface area contributed by atoms with Crippen molar-refractivity contribution in [3.8, 4) is 45.3 Å². The first-order valence-electron chi connectivity index (χ1n) is 19.5. The summed E-state index contributed by atoms with van der Waals surface area (Å²) in [6.07, 6.45) is 6.09. The van der Waals surface area contributed by atoms with E-state index in [-0.39, 0.29) is 5.92 Å². The Morgan fingerprint density at radius 3 is 1.76 bits per heavy atom. The van der Waals surface area contributed by atoms with Crippen molar-refractivity contribution < 1.29 is 4.42 Å². The van der Waals surface area contributed by atoms with Crippen LogP contribution in [0.15, 0.2) is 205 Å². The minimum Gasteiger partial charge on any atom is -0.456 e. The van der Waals surface area contributed by atoms with E-state index in [1.165, 1.54) is 38.2 Å². The zero-order chi connectivity index (χ0) is 38.8. The highest BCUT2D eigenvalue weighted by Gasteiger charge is 2.21. The molecule has 10 rings (SSSR count). The molecule has 4 heteroatoms. The molecule has 2 aromatic heterocycles. The van der Waals surface area contributed by atoms with E-state index in [0.29, 0.717) is 22.9 Å². The van der Waals surface area contributed by atoms with Crippen LogP contribution in [0.25, 0.3) is 90.0 Å². The van der Waals surface area contributed by atoms with Crippen molar-refractivity contribution in [2.75, 3.05) is 0 Å². The maximum absolute atomic E-state index is 6.72. The van der Waals surface area contributed by atoms with Crippen molar-refractivity contribution in [3.05, 3.63) is 222 Å². The summed E-state index contributed by atoms with van der Waals surface area (Å²) in [4.78, 5) is 15.3. The molecule has 1 unspecified atom stereocenters. The van der Waals surface area contributed by atoms with Gasteiger partial charge in [-0.2, -0.15) is 0 Å². The number of fused-ring (bicyclic) bond motifs is 4. The molecule has 0 aliphatic rings. The van der Waals surface area contributed by atoms with E-state index < -0.39 is 0 Å². The van der Waals surface area contributed by atoms with Gasteiger partial charge < -0.3 is 4.42 Å². The maximum Gasteiger partial charge on any atom is 0.164 e. The van der Waals surface area contributed by atoms with Gasteiger partial charge in [-0.15, -0.1) is 0 Å². The summed E-state index contributed by atoms with van der Waals surface area (Å²) in [5.74, 6) is 1.60. The summed E-state index contributed by atoms with van der Waals surface area (Å²) in [7, 11) is 0. The van der Waals surface area contributed by atoms with Crippen LogP contribution in [0.3, 0.4) is 0 Å². The zero-order valence-electron chi connectivity index (χ0n) is 31.7. The summed E-state index contributed by atoms with van der Waals surface area (Å²) < 4.78 is 6.72. The second kappa shape index (κ2) is 15.1. The van der Waals surface area contributed by atoms with Crippen molar-refractivity contribution >= 4 is 44.7 Å². The molecule has 1 atom stereocenters. The maximum atomic E-state index is 6.72. The number of benzene rings is 8. The molecule has 0 saturated carbocycles. The van der Waals surface area contributed by atoms with Gasteiger partial charge in [0.15, 0.2) is 17.5 Å². The van der Waals surface area contributed by atoms with Gasteiger partial charge >= 0.3 is 0 Å². The summed E-state index contributed by atoms with van der Waals surface area (Å²) in [6.45, 7) is 4.09. The van der Waals surface area contributed by atoms with Crippen LogP contribution in [0.2, 0.25) is 0 Å². The third kappa shape index (κ3) is 6.47. The van der Waals surface area contributed by atoms with Crippen molar-refractivity contribution in [1.29, 1.82) is 0 Å². The smallest absolute Gasteiger partial charge is 0.164 e. The molecular weight excluding hydrogens is 707 g/mol. The Balaban J connectivity index is 1.28. The largest absolute Gasteiger partial charge is 0.456 e. The Morgan fingerprint density at radius 1 is 0.483 bits per heavy atom. The standard InChI is InChI=1S/C54H37N3O/c1-2-17-49-48(51-45(28-16-29-50(51)58-49)54-56-52(39-21-8-4-9-22-39)55-53(57-54)40-23-10-5-11-24-40)35-47(44-27-15-14-25-42(44)36-18-6-3-7-19-36)41-33-32-38-31-30-37-20-12-13-26-43(37)46(38)34-41/h2-35,47H,1H2/b48-35+,49-17+. The molecule has 0 spiro atoms. The fourth-order valence-corrected chi connectivity index (χ4v) is 8.10. The second-order valence-corrected chi connectivity index (χ2v) is 14.4. The first-order valence-corrected chi connectivity index (χ1v) is 19.5. The molecular formula is C54H37N3O. The monoisotopic (exact) mass is 743 g/mol. The van der Waals surface area contributed by atoms with E-state index in [4.69, 9.17) is 19.4 Å². The number of rotatable bonds is 8. The Morgan fingerprint density at radius 2 is 1.05 bits per heavy atom. The Hall–Kier alpha value is -7.69. The molecule has 0 amide bonds. The van der Waals surface area contributed by atoms with Crippen LogP contribution in [0, 0.1) is 0 Å². The number of hydrogen-bond donors (Lipinski definition) is 0. The van der Waals surface area contributed by atoms with E-state index in [1.54, 1.807) is 6.08 Å². The predicted octanol–water partition coefficient (Wildman–Crippen LogP) is 12.2. The lowest BCUT2D eigenvalue weighted by atomic mass is 9.84. The first-order chi connectivity index (χ1) is 28.7. The van der Waals surface area contributed by atoms with Gasteiger partial charge in [0.2, 0.25) is 0 Å². The highest BCUT2D eigenvalue weighted by molar-refractivity contribution is 6.07. The Labute approximate surface area is 336 Å². The lowest BCUT2D eigenvalue weighted by molar-refractivity contribution is 0.575. The SMILES string of the molecule is C=C/C=c1/oc2cccc(-c3nc(-c4ccccc4)nc(-c4ccccc4)n3)c2/c1=C/C(c1ccc2ccc3ccccc3c2c1)c1ccccc1-c1ccccc1. The van der Waals surface area contributed by atoms with Gasteiger partial charge in [-0.3, -0.25) is 0 Å². The summed E-state index contributed by atoms with van der Waals surface area (Å²) in [5, 5.41) is 6.73. The highest BCUT2D eigenvalue weighted by Crippen LogP contribution is 2.38. The molecule has 274 valence electrons. The van der Waals surface area contributed by atoms with Crippen LogP contribution in [0.5, 0.6) is 0 Å². The van der Waals surface area contributed by atoms with Gasteiger partial charge in [0.25, 0.3) is 0 Å². The molecule has 8 aromatic carbocycles. The van der Waals surface area contributed by atoms with Crippen molar-refractivity contribution in [2.45, 2.75) is 5.92 Å². The van der Waals surface area contributed by atoms with Crippen LogP contribution in [0.4, 0.5) is 0 Å². The van der Waals surface area contributed by atoms with E-state index in [0.717, 1.165) is 38.4 Å². The molecule has 0 bridgehead atoms. The quantitative estimate of drug-likeness (QED) is 0.145. The van der Waals surface area contributed by atoms with Crippen LogP contribution in [0.1, 0.15) is 17.0 Å². The summed E-state index contributed by atoms with van der Waals surface area (Å²) >= 11 is 0. The molecule has 2 heterocycles. The molecule has 0 N–H and O–H groups in total. The van der Waals surface area contributed by atoms with Crippen molar-refractivity contribution in [1.82, 2.24) is 15.0 Å². The normalized spacial score (nSPS) is 12.7. The van der Waals surface area contributed by atoms with Gasteiger partial charge in [0, 0.05) is 33.2 Å². The van der Waals surface area contributed by atoms with Crippen molar-refractivity contribution in [3.63, 3.8) is 0 Å². The molecule has 0 aliphatic carbocycles. The van der Waals surface area contributed by atoms with Crippen LogP contribution < -0.4 is 10.6 Å². The topological polar surface area (TPSA) is 51.8 Å². The predicted molar refractivity (Wildman–Crippen MR) is 239 cm³/mol. The summed E-state index contributed by atoms with van der Waals surface area (Å²) in [6, 6.07) is 65.5. The van der Waals surface area contributed by atoms with Crippen LogP contribution >= 0.6 is 0 Å². The lowest BCUT2D eigenvalue weighted by Crippen LogP contribution is -2.22. The average molecular weight is 744 g/mol. The number of hydrogen-bond acceptors (Lipinski definition) is 4. The van der Waals surface area contributed by atoms with E-state index in [9.17, 15) is 0 Å². The molecule has 4 nitrogen and oxygen atoms in total. The zero-order valence-corrected chi connectivity index (χ0v) is 31.7. The van der Waals surface area contributed by atoms with E-state index >= 15 is 0 Å². The first kappa shape index (κ1) is 34.8. The lowest BCUT2D eigenvalue weighted by Gasteiger charge is -2.20. The van der Waals surface area contributed by atoms with E-state index in [2.05, 4.69) is 128 Å². The van der Waals surface area contributed by atoms with Gasteiger partial charge in [-0.1, -0.05) is 195 Å². The Kier molecular flexibility index (Phi) is 9.05. The van der Waals surface area contributed by atoms with Gasteiger partial charge in [0.05, 0.1) is 0 Å². The second-order valence-electron chi connectivity index (χ2n) is 14.4. The minimum absolute atomic E-state index is 0.177. The third-order valence-corrected chi connectivity index (χ3v) is 10.8. The van der Waals surface area contributed by atoms with Crippen molar-refractivity contribution in [2.24, 2.45) is 0 Å². The molecule has 10 aromatic rings. The fraction of sp³-hybridized carbons (Fsp3) is 0.0185. The fourth-order valence-electron chi connectivity index (χ4n) is 8.10. The minimum atomic E-state index is -0.177. The van der Waals surface area contributed by atoms with Gasteiger partial charge in [0.1, 0.15) is 11.0 Å². The summed E-state index contributed by atoms with van der Waals surface area (Å²) in [5.41, 5.74) is 8.81. The molecule has 0 saturated heterocycles. The van der Waals surface area contributed by atoms with Gasteiger partial charge in [-0.05, 0) is 62.0 Å². The highest BCUT2D eigenvalue weighted by atomic mass is 16.3. The molecule has 0 fully saturated rings. The molecule has 58 heavy (non-hydrogen) atoms. The number of nitrogens with zero attached hydrogens (tertiary/aromatic N) is 3. The number of allylic oxidation sites excluding steroid dienone is 1. The molecule has 0 radical (unpaired) electrons. The van der Waals surface area contributed by atoms with Gasteiger partial charge in [-0.25, -0.2) is 15.0 Å². The third-order valence-electron chi connectivity index (χ3n) is 10.8. The average Bonchev–Trinajstić information content (AvgIpc) is 3.65. The number of furan rings is 1. The Bertz CT molecular complexity index is 3190. The number of aromatic nitrogens is 3. The van der Waals surface area contributed by atoms with E-state index in [1.807, 2.05) is 78.9 Å². The van der Waals surface area contributed by atoms with Crippen LogP contribution in [-0.4, -0.2) is 15.0 Å².